The smallest absolute Gasteiger partial charge is 0.319 e. The van der Waals surface area contributed by atoms with E-state index in [0.29, 0.717) is 6.54 Å². The summed E-state index contributed by atoms with van der Waals surface area (Å²) in [5.74, 6) is 0. The molecule has 0 unspecified atom stereocenters. The van der Waals surface area contributed by atoms with Crippen molar-refractivity contribution in [1.29, 1.82) is 0 Å². The standard InChI is InChI=1S/C22H29BrClN3O.HI/c1-3-27(4-2,17-14-18-6-10-20(24)11-7-18)16-5-15-25-22(28)26-21-12-8-19(23)9-13-21;/h6-13H,3-5,14-17H2,1-2H3,(H-,25,26,28);1H. The van der Waals surface area contributed by atoms with Crippen molar-refractivity contribution >= 4 is 39.2 Å². The number of halogens is 3. The summed E-state index contributed by atoms with van der Waals surface area (Å²) in [7, 11) is 0. The van der Waals surface area contributed by atoms with Crippen LogP contribution in [-0.4, -0.2) is 43.2 Å². The van der Waals surface area contributed by atoms with Crippen LogP contribution in [0.1, 0.15) is 25.8 Å². The van der Waals surface area contributed by atoms with E-state index in [2.05, 4.69) is 52.5 Å². The number of rotatable bonds is 10. The van der Waals surface area contributed by atoms with Gasteiger partial charge in [0.1, 0.15) is 0 Å². The highest BCUT2D eigenvalue weighted by Crippen LogP contribution is 2.15. The number of carbonyl (C=O) groups excluding carboxylic acids is 1. The molecule has 2 aromatic carbocycles. The molecule has 0 spiro atoms. The summed E-state index contributed by atoms with van der Waals surface area (Å²) in [5, 5.41) is 6.60. The fourth-order valence-corrected chi connectivity index (χ4v) is 3.70. The van der Waals surface area contributed by atoms with Crippen LogP contribution in [0.3, 0.4) is 0 Å². The van der Waals surface area contributed by atoms with Crippen LogP contribution in [0.15, 0.2) is 53.0 Å². The molecule has 0 aromatic heterocycles. The average Bonchev–Trinajstić information content (AvgIpc) is 2.71. The molecule has 0 heterocycles. The number of urea groups is 1. The zero-order valence-electron chi connectivity index (χ0n) is 17.1. The molecule has 2 aromatic rings. The van der Waals surface area contributed by atoms with Gasteiger partial charge in [0.15, 0.2) is 0 Å². The van der Waals surface area contributed by atoms with Gasteiger partial charge in [-0.05, 0) is 55.8 Å². The third kappa shape index (κ3) is 9.24. The Labute approximate surface area is 205 Å². The maximum Gasteiger partial charge on any atom is 0.319 e. The summed E-state index contributed by atoms with van der Waals surface area (Å²) in [4.78, 5) is 12.0. The number of hydrogen-bond donors (Lipinski definition) is 2. The van der Waals surface area contributed by atoms with Crippen LogP contribution in [0.2, 0.25) is 5.02 Å². The molecule has 2 rings (SSSR count). The molecule has 0 aliphatic carbocycles. The number of benzene rings is 2. The molecule has 0 bridgehead atoms. The summed E-state index contributed by atoms with van der Waals surface area (Å²) >= 11 is 9.37. The SMILES string of the molecule is CC[N+](CC)(CCCNC(=O)Nc1ccc(Br)cc1)CCc1ccc(Cl)cc1.[I-]. The van der Waals surface area contributed by atoms with Gasteiger partial charge in [0, 0.05) is 34.6 Å². The summed E-state index contributed by atoms with van der Waals surface area (Å²) in [6, 6.07) is 15.5. The minimum atomic E-state index is -0.158. The van der Waals surface area contributed by atoms with Crippen LogP contribution in [0.4, 0.5) is 10.5 Å². The number of carbonyl (C=O) groups is 1. The van der Waals surface area contributed by atoms with Gasteiger partial charge in [0.25, 0.3) is 0 Å². The van der Waals surface area contributed by atoms with Crippen molar-refractivity contribution in [3.8, 4) is 0 Å². The first-order valence-corrected chi connectivity index (χ1v) is 11.0. The number of anilines is 1. The van der Waals surface area contributed by atoms with E-state index in [4.69, 9.17) is 11.6 Å². The van der Waals surface area contributed by atoms with Gasteiger partial charge in [0.05, 0.1) is 26.2 Å². The molecule has 4 nitrogen and oxygen atoms in total. The molecule has 29 heavy (non-hydrogen) atoms. The highest BCUT2D eigenvalue weighted by Gasteiger charge is 2.22. The van der Waals surface area contributed by atoms with Crippen molar-refractivity contribution < 1.29 is 33.3 Å². The normalized spacial score (nSPS) is 10.9. The maximum absolute atomic E-state index is 12.0. The molecule has 2 amide bonds. The van der Waals surface area contributed by atoms with E-state index in [1.54, 1.807) is 0 Å². The Balaban J connectivity index is 0.00000420. The van der Waals surface area contributed by atoms with E-state index < -0.39 is 0 Å². The molecule has 7 heteroatoms. The summed E-state index contributed by atoms with van der Waals surface area (Å²) in [6.07, 6.45) is 1.99. The third-order valence-electron chi connectivity index (χ3n) is 5.33. The lowest BCUT2D eigenvalue weighted by Crippen LogP contribution is -3.00. The van der Waals surface area contributed by atoms with E-state index >= 15 is 0 Å². The predicted molar refractivity (Wildman–Crippen MR) is 122 cm³/mol. The lowest BCUT2D eigenvalue weighted by molar-refractivity contribution is -0.924. The Morgan fingerprint density at radius 2 is 1.62 bits per heavy atom. The Hall–Kier alpha value is -0.830. The van der Waals surface area contributed by atoms with Crippen LogP contribution in [0.25, 0.3) is 0 Å². The molecule has 0 saturated heterocycles. The molecular formula is C22H30BrClIN3O. The van der Waals surface area contributed by atoms with E-state index in [-0.39, 0.29) is 30.0 Å². The second kappa shape index (κ2) is 13.5. The number of nitrogens with one attached hydrogen (secondary N) is 2. The lowest BCUT2D eigenvalue weighted by atomic mass is 10.1. The first-order valence-electron chi connectivity index (χ1n) is 9.86. The fourth-order valence-electron chi connectivity index (χ4n) is 3.31. The van der Waals surface area contributed by atoms with Crippen molar-refractivity contribution in [1.82, 2.24) is 5.32 Å². The minimum Gasteiger partial charge on any atom is -1.00 e. The van der Waals surface area contributed by atoms with Crippen LogP contribution < -0.4 is 34.6 Å². The quantitative estimate of drug-likeness (QED) is 0.248. The lowest BCUT2D eigenvalue weighted by Gasteiger charge is -2.37. The second-order valence-electron chi connectivity index (χ2n) is 7.04. The molecule has 0 aliphatic heterocycles. The Morgan fingerprint density at radius 1 is 1.00 bits per heavy atom. The van der Waals surface area contributed by atoms with Gasteiger partial charge in [-0.2, -0.15) is 0 Å². The van der Waals surface area contributed by atoms with Gasteiger partial charge in [0.2, 0.25) is 0 Å². The van der Waals surface area contributed by atoms with Gasteiger partial charge in [-0.1, -0.05) is 39.7 Å². The van der Waals surface area contributed by atoms with Crippen molar-refractivity contribution in [3.05, 3.63) is 63.6 Å². The number of quaternary nitrogens is 1. The summed E-state index contributed by atoms with van der Waals surface area (Å²) in [6.45, 7) is 9.50. The van der Waals surface area contributed by atoms with Crippen molar-refractivity contribution in [2.45, 2.75) is 26.7 Å². The van der Waals surface area contributed by atoms with Crippen molar-refractivity contribution in [2.75, 3.05) is 38.0 Å². The number of likely N-dealkylation sites (N-methyl/N-ethyl adjacent to an activating group) is 1. The van der Waals surface area contributed by atoms with Crippen LogP contribution >= 0.6 is 27.5 Å². The highest BCUT2D eigenvalue weighted by molar-refractivity contribution is 9.10. The number of nitrogens with zero attached hydrogens (tertiary/aromatic N) is 1. The fraction of sp³-hybridized carbons (Fsp3) is 0.409. The Bertz CT molecular complexity index is 737. The molecule has 0 radical (unpaired) electrons. The van der Waals surface area contributed by atoms with Gasteiger partial charge in [-0.3, -0.25) is 0 Å². The van der Waals surface area contributed by atoms with Crippen molar-refractivity contribution in [3.63, 3.8) is 0 Å². The zero-order valence-corrected chi connectivity index (χ0v) is 21.6. The largest absolute Gasteiger partial charge is 1.00 e. The number of amides is 2. The predicted octanol–water partition coefficient (Wildman–Crippen LogP) is 2.72. The zero-order chi connectivity index (χ0) is 20.4. The minimum absolute atomic E-state index is 0. The molecule has 2 N–H and O–H groups in total. The second-order valence-corrected chi connectivity index (χ2v) is 8.39. The van der Waals surface area contributed by atoms with Gasteiger partial charge in [-0.25, -0.2) is 4.79 Å². The Morgan fingerprint density at radius 3 is 2.21 bits per heavy atom. The van der Waals surface area contributed by atoms with E-state index in [9.17, 15) is 4.79 Å². The van der Waals surface area contributed by atoms with E-state index in [1.165, 1.54) is 5.56 Å². The van der Waals surface area contributed by atoms with Crippen LogP contribution in [-0.2, 0) is 6.42 Å². The Kier molecular flexibility index (Phi) is 12.2. The summed E-state index contributed by atoms with van der Waals surface area (Å²) < 4.78 is 2.05. The van der Waals surface area contributed by atoms with Gasteiger partial charge < -0.3 is 39.1 Å². The third-order valence-corrected chi connectivity index (χ3v) is 6.11. The van der Waals surface area contributed by atoms with E-state index in [1.807, 2.05) is 36.4 Å². The van der Waals surface area contributed by atoms with Crippen molar-refractivity contribution in [2.24, 2.45) is 0 Å². The van der Waals surface area contributed by atoms with Crippen LogP contribution in [0.5, 0.6) is 0 Å². The topological polar surface area (TPSA) is 41.1 Å². The molecule has 0 aliphatic rings. The molecule has 0 saturated carbocycles. The average molecular weight is 595 g/mol. The maximum atomic E-state index is 12.0. The molecular weight excluding hydrogens is 565 g/mol. The van der Waals surface area contributed by atoms with Crippen LogP contribution in [0, 0.1) is 0 Å². The first-order chi connectivity index (χ1) is 13.5. The van der Waals surface area contributed by atoms with E-state index in [0.717, 1.165) is 58.7 Å². The van der Waals surface area contributed by atoms with Gasteiger partial charge in [-0.15, -0.1) is 0 Å². The molecule has 0 atom stereocenters. The summed E-state index contributed by atoms with van der Waals surface area (Å²) in [5.41, 5.74) is 2.11. The molecule has 160 valence electrons. The monoisotopic (exact) mass is 593 g/mol. The van der Waals surface area contributed by atoms with Gasteiger partial charge >= 0.3 is 6.03 Å². The first kappa shape index (κ1) is 26.2. The highest BCUT2D eigenvalue weighted by atomic mass is 127. The number of hydrogen-bond acceptors (Lipinski definition) is 1. The molecule has 0 fully saturated rings.